The molecule has 0 fully saturated rings. The first kappa shape index (κ1) is 28.3. The first-order chi connectivity index (χ1) is 18.7. The van der Waals surface area contributed by atoms with Crippen LogP contribution in [0.15, 0.2) is 54.3 Å². The second-order valence-electron chi connectivity index (χ2n) is 9.36. The first-order valence-electron chi connectivity index (χ1n) is 13.4. The average molecular weight is 526 g/mol. The van der Waals surface area contributed by atoms with E-state index in [2.05, 4.69) is 47.8 Å². The molecule has 3 atom stereocenters. The maximum Gasteiger partial charge on any atom is 0.286 e. The SMILES string of the molecule is CCO[C@@H]1OC(C(=O)NCCOC)=C[C@H](c2cccc3c2Cc2ccccc2-3)[C@H]1CCOCCOCCO. The van der Waals surface area contributed by atoms with Crippen molar-refractivity contribution in [1.82, 2.24) is 5.32 Å². The highest BCUT2D eigenvalue weighted by Gasteiger charge is 2.39. The second kappa shape index (κ2) is 14.4. The van der Waals surface area contributed by atoms with Gasteiger partial charge in [0.25, 0.3) is 5.91 Å². The zero-order valence-corrected chi connectivity index (χ0v) is 22.3. The van der Waals surface area contributed by atoms with Crippen LogP contribution in [-0.4, -0.2) is 77.2 Å². The summed E-state index contributed by atoms with van der Waals surface area (Å²) in [5, 5.41) is 11.7. The van der Waals surface area contributed by atoms with E-state index in [4.69, 9.17) is 28.8 Å². The summed E-state index contributed by atoms with van der Waals surface area (Å²) in [4.78, 5) is 13.0. The predicted octanol–water partition coefficient (Wildman–Crippen LogP) is 3.41. The molecule has 0 aromatic heterocycles. The number of rotatable bonds is 15. The Morgan fingerprint density at radius 3 is 2.61 bits per heavy atom. The highest BCUT2D eigenvalue weighted by molar-refractivity contribution is 5.91. The van der Waals surface area contributed by atoms with Crippen LogP contribution in [0.4, 0.5) is 0 Å². The van der Waals surface area contributed by atoms with Gasteiger partial charge in [-0.15, -0.1) is 0 Å². The monoisotopic (exact) mass is 525 g/mol. The van der Waals surface area contributed by atoms with Crippen LogP contribution in [-0.2, 0) is 34.9 Å². The van der Waals surface area contributed by atoms with E-state index in [0.717, 1.165) is 6.42 Å². The van der Waals surface area contributed by atoms with E-state index >= 15 is 0 Å². The molecule has 4 rings (SSSR count). The number of hydrogen-bond acceptors (Lipinski definition) is 7. The number of nitrogens with one attached hydrogen (secondary N) is 1. The third-order valence-corrected chi connectivity index (χ3v) is 6.98. The van der Waals surface area contributed by atoms with Crippen molar-refractivity contribution in [3.63, 3.8) is 0 Å². The van der Waals surface area contributed by atoms with Crippen molar-refractivity contribution in [3.05, 3.63) is 71.0 Å². The third kappa shape index (κ3) is 6.81. The number of aliphatic hydroxyl groups is 1. The number of amides is 1. The maximum absolute atomic E-state index is 13.0. The van der Waals surface area contributed by atoms with Gasteiger partial charge >= 0.3 is 0 Å². The Hall–Kier alpha value is -2.75. The number of benzene rings is 2. The summed E-state index contributed by atoms with van der Waals surface area (Å²) in [7, 11) is 1.60. The summed E-state index contributed by atoms with van der Waals surface area (Å²) in [6, 6.07) is 14.9. The number of allylic oxidation sites excluding steroid dienone is 1. The Balaban J connectivity index is 1.62. The van der Waals surface area contributed by atoms with Crippen LogP contribution in [0.2, 0.25) is 0 Å². The summed E-state index contributed by atoms with van der Waals surface area (Å²) < 4.78 is 28.4. The van der Waals surface area contributed by atoms with Crippen LogP contribution < -0.4 is 5.32 Å². The van der Waals surface area contributed by atoms with E-state index in [9.17, 15) is 4.79 Å². The third-order valence-electron chi connectivity index (χ3n) is 6.98. The lowest BCUT2D eigenvalue weighted by Gasteiger charge is -2.37. The molecule has 8 heteroatoms. The van der Waals surface area contributed by atoms with Gasteiger partial charge in [0.15, 0.2) is 5.76 Å². The molecule has 8 nitrogen and oxygen atoms in total. The quantitative estimate of drug-likeness (QED) is 0.294. The molecule has 0 radical (unpaired) electrons. The van der Waals surface area contributed by atoms with Crippen molar-refractivity contribution < 1.29 is 33.6 Å². The Bertz CT molecular complexity index is 1090. The molecule has 2 aromatic rings. The first-order valence-corrected chi connectivity index (χ1v) is 13.4. The summed E-state index contributed by atoms with van der Waals surface area (Å²) in [5.41, 5.74) is 6.29. The largest absolute Gasteiger partial charge is 0.459 e. The van der Waals surface area contributed by atoms with Crippen molar-refractivity contribution >= 4 is 5.91 Å². The lowest BCUT2D eigenvalue weighted by atomic mass is 9.78. The van der Waals surface area contributed by atoms with Gasteiger partial charge in [0.2, 0.25) is 6.29 Å². The van der Waals surface area contributed by atoms with Gasteiger partial charge in [0.05, 0.1) is 33.0 Å². The van der Waals surface area contributed by atoms with Gasteiger partial charge in [-0.3, -0.25) is 4.79 Å². The maximum atomic E-state index is 13.0. The van der Waals surface area contributed by atoms with Crippen molar-refractivity contribution in [3.8, 4) is 11.1 Å². The minimum Gasteiger partial charge on any atom is -0.459 e. The molecule has 0 saturated heterocycles. The van der Waals surface area contributed by atoms with Crippen molar-refractivity contribution in [2.24, 2.45) is 5.92 Å². The molecule has 1 heterocycles. The van der Waals surface area contributed by atoms with E-state index in [1.807, 2.05) is 13.0 Å². The predicted molar refractivity (Wildman–Crippen MR) is 144 cm³/mol. The number of hydrogen-bond donors (Lipinski definition) is 2. The second-order valence-corrected chi connectivity index (χ2v) is 9.36. The molecular weight excluding hydrogens is 486 g/mol. The minimum atomic E-state index is -0.591. The molecule has 0 saturated carbocycles. The Kier molecular flexibility index (Phi) is 10.7. The molecule has 206 valence electrons. The van der Waals surface area contributed by atoms with Crippen molar-refractivity contribution in [2.75, 3.05) is 59.9 Å². The smallest absolute Gasteiger partial charge is 0.286 e. The van der Waals surface area contributed by atoms with Crippen LogP contribution in [0.3, 0.4) is 0 Å². The fourth-order valence-electron chi connectivity index (χ4n) is 5.25. The molecule has 1 aliphatic heterocycles. The highest BCUT2D eigenvalue weighted by atomic mass is 16.7. The molecule has 0 bridgehead atoms. The molecule has 2 aliphatic rings. The topological polar surface area (TPSA) is 95.5 Å². The van der Waals surface area contributed by atoms with E-state index < -0.39 is 6.29 Å². The Labute approximate surface area is 224 Å². The van der Waals surface area contributed by atoms with E-state index in [1.165, 1.54) is 27.8 Å². The molecule has 0 spiro atoms. The normalized spacial score (nSPS) is 19.9. The summed E-state index contributed by atoms with van der Waals surface area (Å²) >= 11 is 0. The number of ether oxygens (including phenoxy) is 5. The zero-order valence-electron chi connectivity index (χ0n) is 22.3. The van der Waals surface area contributed by atoms with Gasteiger partial charge in [0, 0.05) is 38.7 Å². The van der Waals surface area contributed by atoms with Gasteiger partial charge in [0.1, 0.15) is 0 Å². The Morgan fingerprint density at radius 2 is 1.82 bits per heavy atom. The lowest BCUT2D eigenvalue weighted by Crippen LogP contribution is -2.40. The van der Waals surface area contributed by atoms with Crippen LogP contribution in [0.1, 0.15) is 36.0 Å². The van der Waals surface area contributed by atoms with Gasteiger partial charge < -0.3 is 34.1 Å². The van der Waals surface area contributed by atoms with E-state index in [1.54, 1.807) is 7.11 Å². The fourth-order valence-corrected chi connectivity index (χ4v) is 5.25. The van der Waals surface area contributed by atoms with Crippen LogP contribution >= 0.6 is 0 Å². The van der Waals surface area contributed by atoms with Gasteiger partial charge in [-0.2, -0.15) is 0 Å². The average Bonchev–Trinajstić information content (AvgIpc) is 3.32. The molecule has 2 aromatic carbocycles. The van der Waals surface area contributed by atoms with Crippen LogP contribution in [0.5, 0.6) is 0 Å². The number of aliphatic hydroxyl groups excluding tert-OH is 1. The molecule has 1 amide bonds. The number of carbonyl (C=O) groups is 1. The standard InChI is InChI=1S/C30H39NO7/c1-3-37-30-25(11-14-35-17-18-36-16-13-32)27(20-28(38-30)29(33)31-12-15-34-2)24-10-6-9-23-22-8-5-4-7-21(22)19-26(23)24/h4-10,20,25,27,30,32H,3,11-19H2,1-2H3,(H,31,33)/t25-,27-,30-/m1/s1. The zero-order chi connectivity index (χ0) is 26.7. The van der Waals surface area contributed by atoms with Crippen LogP contribution in [0, 0.1) is 5.92 Å². The van der Waals surface area contributed by atoms with Crippen molar-refractivity contribution in [1.29, 1.82) is 0 Å². The fraction of sp³-hybridized carbons (Fsp3) is 0.500. The summed E-state index contributed by atoms with van der Waals surface area (Å²) in [5.74, 6) is -0.156. The minimum absolute atomic E-state index is 0.00386. The van der Waals surface area contributed by atoms with E-state index in [0.29, 0.717) is 52.6 Å². The highest BCUT2D eigenvalue weighted by Crippen LogP contribution is 2.45. The number of carbonyl (C=O) groups excluding carboxylic acids is 1. The van der Waals surface area contributed by atoms with Crippen LogP contribution in [0.25, 0.3) is 11.1 Å². The molecule has 0 unspecified atom stereocenters. The van der Waals surface area contributed by atoms with Gasteiger partial charge in [-0.05, 0) is 53.7 Å². The lowest BCUT2D eigenvalue weighted by molar-refractivity contribution is -0.168. The van der Waals surface area contributed by atoms with E-state index in [-0.39, 0.29) is 30.1 Å². The molecule has 38 heavy (non-hydrogen) atoms. The number of methoxy groups -OCH3 is 1. The summed E-state index contributed by atoms with van der Waals surface area (Å²) in [6.45, 7) is 4.86. The van der Waals surface area contributed by atoms with Crippen molar-refractivity contribution in [2.45, 2.75) is 32.0 Å². The molecule has 2 N–H and O–H groups in total. The number of fused-ring (bicyclic) bond motifs is 3. The molecular formula is C30H39NO7. The van der Waals surface area contributed by atoms with Gasteiger partial charge in [-0.1, -0.05) is 42.5 Å². The van der Waals surface area contributed by atoms with Gasteiger partial charge in [-0.25, -0.2) is 0 Å². The molecule has 1 aliphatic carbocycles. The summed E-state index contributed by atoms with van der Waals surface area (Å²) in [6.07, 6.45) is 2.89. The Morgan fingerprint density at radius 1 is 1.03 bits per heavy atom.